The van der Waals surface area contributed by atoms with E-state index in [-0.39, 0.29) is 0 Å². The minimum Gasteiger partial charge on any atom is -0.497 e. The van der Waals surface area contributed by atoms with Crippen LogP contribution in [-0.2, 0) is 0 Å². The van der Waals surface area contributed by atoms with Crippen LogP contribution < -0.4 is 4.74 Å². The number of hydrogen-bond acceptors (Lipinski definition) is 4. The summed E-state index contributed by atoms with van der Waals surface area (Å²) in [5.74, 6) is 0.857. The number of rotatable bonds is 2. The number of ether oxygens (including phenoxy) is 1. The van der Waals surface area contributed by atoms with Crippen molar-refractivity contribution < 1.29 is 4.74 Å². The summed E-state index contributed by atoms with van der Waals surface area (Å²) < 4.78 is 8.20. The minimum atomic E-state index is 0.449. The van der Waals surface area contributed by atoms with Gasteiger partial charge in [-0.25, -0.2) is 9.50 Å². The van der Waals surface area contributed by atoms with Gasteiger partial charge in [-0.05, 0) is 41.8 Å². The smallest absolute Gasteiger partial charge is 0.154 e. The molecule has 0 fully saturated rings. The number of halogens is 1. The van der Waals surface area contributed by atoms with Gasteiger partial charge in [0.2, 0.25) is 0 Å². The van der Waals surface area contributed by atoms with Crippen molar-refractivity contribution in [2.75, 3.05) is 7.11 Å². The van der Waals surface area contributed by atoms with Crippen molar-refractivity contribution in [1.29, 1.82) is 0 Å². The molecular formula is C15H10ClN3OS. The van der Waals surface area contributed by atoms with Crippen LogP contribution in [0, 0.1) is 0 Å². The van der Waals surface area contributed by atoms with Crippen molar-refractivity contribution in [3.8, 4) is 16.3 Å². The molecule has 1 aromatic carbocycles. The van der Waals surface area contributed by atoms with E-state index in [1.165, 1.54) is 10.1 Å². The highest BCUT2D eigenvalue weighted by atomic mass is 35.5. The fourth-order valence-electron chi connectivity index (χ4n) is 2.28. The van der Waals surface area contributed by atoms with E-state index < -0.39 is 0 Å². The zero-order valence-corrected chi connectivity index (χ0v) is 12.6. The van der Waals surface area contributed by atoms with Crippen LogP contribution in [0.2, 0.25) is 5.15 Å². The molecule has 4 aromatic rings. The fraction of sp³-hybridized carbons (Fsp3) is 0.0667. The topological polar surface area (TPSA) is 39.4 Å². The van der Waals surface area contributed by atoms with Crippen LogP contribution >= 0.6 is 22.9 Å². The average Bonchev–Trinajstić information content (AvgIpc) is 3.08. The van der Waals surface area contributed by atoms with Gasteiger partial charge in [-0.1, -0.05) is 11.6 Å². The Kier molecular flexibility index (Phi) is 2.83. The van der Waals surface area contributed by atoms with Crippen molar-refractivity contribution in [3.05, 3.63) is 47.7 Å². The van der Waals surface area contributed by atoms with Gasteiger partial charge in [0.25, 0.3) is 0 Å². The predicted octanol–water partition coefficient (Wildman–Crippen LogP) is 4.27. The number of nitrogens with zero attached hydrogens (tertiary/aromatic N) is 3. The largest absolute Gasteiger partial charge is 0.497 e. The molecule has 0 N–H and O–H groups in total. The summed E-state index contributed by atoms with van der Waals surface area (Å²) in [5, 5.41) is 5.94. The Morgan fingerprint density at radius 3 is 2.95 bits per heavy atom. The summed E-state index contributed by atoms with van der Waals surface area (Å²) in [5.41, 5.74) is 1.72. The molecule has 0 saturated heterocycles. The Balaban J connectivity index is 1.93. The van der Waals surface area contributed by atoms with Crippen LogP contribution in [-0.4, -0.2) is 21.7 Å². The number of fused-ring (bicyclic) bond motifs is 2. The van der Waals surface area contributed by atoms with Crippen molar-refractivity contribution in [2.24, 2.45) is 0 Å². The molecule has 4 nitrogen and oxygen atoms in total. The summed E-state index contributed by atoms with van der Waals surface area (Å²) >= 11 is 7.66. The number of thiophene rings is 1. The number of aromatic nitrogens is 3. The highest BCUT2D eigenvalue weighted by molar-refractivity contribution is 7.22. The van der Waals surface area contributed by atoms with Crippen molar-refractivity contribution in [1.82, 2.24) is 14.6 Å². The first-order valence-electron chi connectivity index (χ1n) is 6.33. The van der Waals surface area contributed by atoms with E-state index in [4.69, 9.17) is 16.3 Å². The first-order valence-corrected chi connectivity index (χ1v) is 7.52. The van der Waals surface area contributed by atoms with Gasteiger partial charge in [-0.2, -0.15) is 5.10 Å². The summed E-state index contributed by atoms with van der Waals surface area (Å²) in [4.78, 5) is 5.46. The molecule has 0 unspecified atom stereocenters. The second-order valence-electron chi connectivity index (χ2n) is 4.58. The number of hydrogen-bond donors (Lipinski definition) is 0. The fourth-order valence-corrected chi connectivity index (χ4v) is 3.51. The van der Waals surface area contributed by atoms with E-state index in [9.17, 15) is 0 Å². The lowest BCUT2D eigenvalue weighted by Gasteiger charge is -1.97. The molecule has 0 aliphatic carbocycles. The molecule has 0 radical (unpaired) electrons. The summed E-state index contributed by atoms with van der Waals surface area (Å²) in [6, 6.07) is 11.8. The first-order chi connectivity index (χ1) is 10.2. The minimum absolute atomic E-state index is 0.449. The molecule has 4 rings (SSSR count). The molecule has 0 aliphatic rings. The van der Waals surface area contributed by atoms with Crippen molar-refractivity contribution >= 4 is 38.7 Å². The quantitative estimate of drug-likeness (QED) is 0.554. The summed E-state index contributed by atoms with van der Waals surface area (Å²) in [6.07, 6.45) is 1.82. The molecule has 0 spiro atoms. The number of methoxy groups -OCH3 is 1. The molecule has 0 atom stereocenters. The van der Waals surface area contributed by atoms with E-state index in [1.54, 1.807) is 29.0 Å². The second kappa shape index (κ2) is 4.72. The lowest BCUT2D eigenvalue weighted by atomic mass is 10.2. The maximum absolute atomic E-state index is 5.98. The van der Waals surface area contributed by atoms with Crippen molar-refractivity contribution in [3.63, 3.8) is 0 Å². The van der Waals surface area contributed by atoms with Gasteiger partial charge < -0.3 is 4.74 Å². The monoisotopic (exact) mass is 315 g/mol. The SMILES string of the molecule is COc1ccc2cc(-c3cnc4ccc(Cl)nn34)sc2c1. The highest BCUT2D eigenvalue weighted by Gasteiger charge is 2.11. The average molecular weight is 316 g/mol. The van der Waals surface area contributed by atoms with Crippen LogP contribution in [0.3, 0.4) is 0 Å². The molecular weight excluding hydrogens is 306 g/mol. The highest BCUT2D eigenvalue weighted by Crippen LogP contribution is 2.35. The lowest BCUT2D eigenvalue weighted by Crippen LogP contribution is -1.92. The summed E-state index contributed by atoms with van der Waals surface area (Å²) in [7, 11) is 1.67. The number of benzene rings is 1. The van der Waals surface area contributed by atoms with Crippen LogP contribution in [0.25, 0.3) is 26.3 Å². The van der Waals surface area contributed by atoms with E-state index in [0.29, 0.717) is 5.15 Å². The third kappa shape index (κ3) is 2.05. The molecule has 0 bridgehead atoms. The van der Waals surface area contributed by atoms with Crippen LogP contribution in [0.5, 0.6) is 5.75 Å². The van der Waals surface area contributed by atoms with E-state index >= 15 is 0 Å². The predicted molar refractivity (Wildman–Crippen MR) is 85.4 cm³/mol. The molecule has 3 heterocycles. The van der Waals surface area contributed by atoms with E-state index in [1.807, 2.05) is 24.4 Å². The second-order valence-corrected chi connectivity index (χ2v) is 6.05. The maximum atomic E-state index is 5.98. The Morgan fingerprint density at radius 1 is 1.19 bits per heavy atom. The van der Waals surface area contributed by atoms with Gasteiger partial charge in [0.05, 0.1) is 18.2 Å². The van der Waals surface area contributed by atoms with Gasteiger partial charge >= 0.3 is 0 Å². The van der Waals surface area contributed by atoms with Gasteiger partial charge in [0, 0.05) is 4.70 Å². The Bertz CT molecular complexity index is 960. The zero-order chi connectivity index (χ0) is 14.4. The number of imidazole rings is 1. The molecule has 0 aliphatic heterocycles. The first kappa shape index (κ1) is 12.6. The van der Waals surface area contributed by atoms with Crippen LogP contribution in [0.4, 0.5) is 0 Å². The van der Waals surface area contributed by atoms with E-state index in [2.05, 4.69) is 22.2 Å². The molecule has 21 heavy (non-hydrogen) atoms. The van der Waals surface area contributed by atoms with Gasteiger partial charge in [-0.3, -0.25) is 0 Å². The molecule has 104 valence electrons. The van der Waals surface area contributed by atoms with Gasteiger partial charge in [-0.15, -0.1) is 11.3 Å². The van der Waals surface area contributed by atoms with Crippen LogP contribution in [0.15, 0.2) is 42.6 Å². The van der Waals surface area contributed by atoms with Gasteiger partial charge in [0.1, 0.15) is 16.6 Å². The van der Waals surface area contributed by atoms with Gasteiger partial charge in [0.15, 0.2) is 5.65 Å². The standard InChI is InChI=1S/C15H10ClN3OS/c1-20-10-3-2-9-6-13(21-12(9)7-10)11-8-17-15-5-4-14(16)18-19(11)15/h2-8H,1H3. The normalized spacial score (nSPS) is 11.3. The Hall–Kier alpha value is -2.11. The maximum Gasteiger partial charge on any atom is 0.154 e. The lowest BCUT2D eigenvalue weighted by molar-refractivity contribution is 0.415. The zero-order valence-electron chi connectivity index (χ0n) is 11.1. The third-order valence-electron chi connectivity index (χ3n) is 3.31. The third-order valence-corrected chi connectivity index (χ3v) is 4.63. The van der Waals surface area contributed by atoms with E-state index in [0.717, 1.165) is 22.0 Å². The Morgan fingerprint density at radius 2 is 2.10 bits per heavy atom. The Labute approximate surface area is 129 Å². The van der Waals surface area contributed by atoms with Crippen LogP contribution in [0.1, 0.15) is 0 Å². The molecule has 3 aromatic heterocycles. The molecule has 0 saturated carbocycles. The summed E-state index contributed by atoms with van der Waals surface area (Å²) in [6.45, 7) is 0. The van der Waals surface area contributed by atoms with Crippen molar-refractivity contribution in [2.45, 2.75) is 0 Å². The molecule has 6 heteroatoms. The molecule has 0 amide bonds.